The van der Waals surface area contributed by atoms with E-state index >= 15 is 0 Å². The van der Waals surface area contributed by atoms with Crippen LogP contribution in [0.1, 0.15) is 48.2 Å². The molecule has 0 aliphatic rings. The van der Waals surface area contributed by atoms with Gasteiger partial charge in [0.05, 0.1) is 6.61 Å². The molecule has 0 atom stereocenters. The van der Waals surface area contributed by atoms with Crippen molar-refractivity contribution in [2.45, 2.75) is 39.7 Å². The van der Waals surface area contributed by atoms with Crippen LogP contribution >= 0.6 is 0 Å². The van der Waals surface area contributed by atoms with Gasteiger partial charge in [0.2, 0.25) is 0 Å². The fourth-order valence-corrected chi connectivity index (χ4v) is 3.39. The van der Waals surface area contributed by atoms with Gasteiger partial charge >= 0.3 is 5.97 Å². The Morgan fingerprint density at radius 3 is 2.26 bits per heavy atom. The average molecular weight is 462 g/mol. The molecule has 178 valence electrons. The number of carbonyl (C=O) groups is 2. The molecule has 2 N–H and O–H groups in total. The van der Waals surface area contributed by atoms with E-state index in [4.69, 9.17) is 14.6 Å². The zero-order valence-corrected chi connectivity index (χ0v) is 19.6. The van der Waals surface area contributed by atoms with Crippen LogP contribution in [-0.4, -0.2) is 23.6 Å². The summed E-state index contributed by atoms with van der Waals surface area (Å²) >= 11 is 0. The molecule has 0 radical (unpaired) electrons. The molecule has 3 aromatic rings. The summed E-state index contributed by atoms with van der Waals surface area (Å²) in [5.41, 5.74) is 3.55. The fourth-order valence-electron chi connectivity index (χ4n) is 3.39. The fraction of sp³-hybridized carbons (Fsp3) is 0.286. The van der Waals surface area contributed by atoms with Crippen LogP contribution in [0.25, 0.3) is 0 Å². The molecule has 0 heterocycles. The summed E-state index contributed by atoms with van der Waals surface area (Å²) in [7, 11) is 0. The van der Waals surface area contributed by atoms with Crippen LogP contribution in [0.15, 0.2) is 72.8 Å². The maximum atomic E-state index is 12.6. The Kier molecular flexibility index (Phi) is 9.09. The number of anilines is 1. The number of amides is 1. The van der Waals surface area contributed by atoms with E-state index in [0.29, 0.717) is 35.9 Å². The number of benzene rings is 3. The van der Waals surface area contributed by atoms with Gasteiger partial charge in [-0.05, 0) is 72.4 Å². The third-order valence-electron chi connectivity index (χ3n) is 5.08. The lowest BCUT2D eigenvalue weighted by Crippen LogP contribution is -2.12. The monoisotopic (exact) mass is 461 g/mol. The van der Waals surface area contributed by atoms with Crippen molar-refractivity contribution in [1.82, 2.24) is 0 Å². The van der Waals surface area contributed by atoms with Crippen LogP contribution < -0.4 is 14.8 Å². The van der Waals surface area contributed by atoms with E-state index in [1.165, 1.54) is 5.56 Å². The molecule has 1 amide bonds. The summed E-state index contributed by atoms with van der Waals surface area (Å²) in [6.45, 7) is 5.18. The molecule has 0 saturated carbocycles. The Hall–Kier alpha value is -3.80. The highest BCUT2D eigenvalue weighted by molar-refractivity contribution is 6.04. The molecule has 3 aromatic carbocycles. The number of carbonyl (C=O) groups excluding carboxylic acids is 1. The molecule has 0 aliphatic heterocycles. The predicted molar refractivity (Wildman–Crippen MR) is 133 cm³/mol. The molecule has 0 saturated heterocycles. The van der Waals surface area contributed by atoms with E-state index in [1.54, 1.807) is 36.4 Å². The molecular formula is C28H31NO5. The summed E-state index contributed by atoms with van der Waals surface area (Å²) in [6, 6.07) is 22.5. The van der Waals surface area contributed by atoms with Crippen LogP contribution in [-0.2, 0) is 17.8 Å². The lowest BCUT2D eigenvalue weighted by molar-refractivity contribution is -0.137. The summed E-state index contributed by atoms with van der Waals surface area (Å²) in [5, 5.41) is 11.5. The Labute approximate surface area is 200 Å². The molecular weight excluding hydrogens is 430 g/mol. The first-order valence-corrected chi connectivity index (χ1v) is 11.5. The first-order valence-electron chi connectivity index (χ1n) is 11.5. The molecule has 6 heteroatoms. The van der Waals surface area contributed by atoms with Crippen molar-refractivity contribution in [2.24, 2.45) is 5.92 Å². The molecule has 0 aromatic heterocycles. The quantitative estimate of drug-likeness (QED) is 0.325. The molecule has 0 fully saturated rings. The van der Waals surface area contributed by atoms with E-state index < -0.39 is 5.97 Å². The van der Waals surface area contributed by atoms with Crippen LogP contribution in [0.4, 0.5) is 5.69 Å². The van der Waals surface area contributed by atoms with Gasteiger partial charge < -0.3 is 19.9 Å². The van der Waals surface area contributed by atoms with E-state index in [9.17, 15) is 9.59 Å². The van der Waals surface area contributed by atoms with Crippen LogP contribution in [0.5, 0.6) is 11.5 Å². The first-order chi connectivity index (χ1) is 16.4. The topological polar surface area (TPSA) is 84.9 Å². The zero-order chi connectivity index (χ0) is 24.3. The predicted octanol–water partition coefficient (Wildman–Crippen LogP) is 5.96. The van der Waals surface area contributed by atoms with Gasteiger partial charge in [0.25, 0.3) is 5.91 Å². The standard InChI is InChI=1S/C28H31NO5/c1-20(2)17-21-8-10-22(11-9-21)19-34-25-14-12-24(13-15-25)29-28(32)23-5-3-6-26(18-23)33-16-4-7-27(30)31/h3,5-6,8-15,18,20H,4,7,16-17,19H2,1-2H3,(H,29,32)(H,30,31). The van der Waals surface area contributed by atoms with Crippen molar-refractivity contribution in [3.05, 3.63) is 89.5 Å². The van der Waals surface area contributed by atoms with Crippen molar-refractivity contribution in [1.29, 1.82) is 0 Å². The first kappa shape index (κ1) is 24.8. The van der Waals surface area contributed by atoms with Crippen LogP contribution in [0.2, 0.25) is 0 Å². The number of rotatable bonds is 12. The minimum absolute atomic E-state index is 0.0461. The van der Waals surface area contributed by atoms with Crippen LogP contribution in [0, 0.1) is 5.92 Å². The molecule has 6 nitrogen and oxygen atoms in total. The van der Waals surface area contributed by atoms with Gasteiger partial charge in [-0.2, -0.15) is 0 Å². The maximum absolute atomic E-state index is 12.6. The van der Waals surface area contributed by atoms with Crippen molar-refractivity contribution >= 4 is 17.6 Å². The summed E-state index contributed by atoms with van der Waals surface area (Å²) < 4.78 is 11.4. The second-order valence-corrected chi connectivity index (χ2v) is 8.56. The maximum Gasteiger partial charge on any atom is 0.303 e. The Morgan fingerprint density at radius 2 is 1.59 bits per heavy atom. The van der Waals surface area contributed by atoms with E-state index in [-0.39, 0.29) is 18.9 Å². The largest absolute Gasteiger partial charge is 0.494 e. The summed E-state index contributed by atoms with van der Waals surface area (Å²) in [5.74, 6) is 0.768. The number of carboxylic acid groups (broad SMARTS) is 1. The van der Waals surface area contributed by atoms with Crippen LogP contribution in [0.3, 0.4) is 0 Å². The Balaban J connectivity index is 1.49. The lowest BCUT2D eigenvalue weighted by atomic mass is 10.0. The smallest absolute Gasteiger partial charge is 0.303 e. The van der Waals surface area contributed by atoms with Crippen molar-refractivity contribution in [3.63, 3.8) is 0 Å². The number of hydrogen-bond donors (Lipinski definition) is 2. The molecule has 0 unspecified atom stereocenters. The molecule has 0 spiro atoms. The Morgan fingerprint density at radius 1 is 0.882 bits per heavy atom. The summed E-state index contributed by atoms with van der Waals surface area (Å²) in [6.07, 6.45) is 1.52. The number of hydrogen-bond acceptors (Lipinski definition) is 4. The lowest BCUT2D eigenvalue weighted by Gasteiger charge is -2.10. The average Bonchev–Trinajstić information content (AvgIpc) is 2.82. The highest BCUT2D eigenvalue weighted by Gasteiger charge is 2.08. The van der Waals surface area contributed by atoms with E-state index in [2.05, 4.69) is 43.4 Å². The van der Waals surface area contributed by atoms with Gasteiger partial charge in [-0.15, -0.1) is 0 Å². The van der Waals surface area contributed by atoms with Gasteiger partial charge in [0.1, 0.15) is 18.1 Å². The normalized spacial score (nSPS) is 10.7. The number of nitrogens with one attached hydrogen (secondary N) is 1. The number of carboxylic acids is 1. The van der Waals surface area contributed by atoms with Crippen molar-refractivity contribution in [3.8, 4) is 11.5 Å². The highest BCUT2D eigenvalue weighted by Crippen LogP contribution is 2.20. The molecule has 0 aliphatic carbocycles. The SMILES string of the molecule is CC(C)Cc1ccc(COc2ccc(NC(=O)c3cccc(OCCCC(=O)O)c3)cc2)cc1. The highest BCUT2D eigenvalue weighted by atomic mass is 16.5. The van der Waals surface area contributed by atoms with Crippen molar-refractivity contribution < 1.29 is 24.2 Å². The summed E-state index contributed by atoms with van der Waals surface area (Å²) in [4.78, 5) is 23.2. The second-order valence-electron chi connectivity index (χ2n) is 8.56. The minimum atomic E-state index is -0.857. The third kappa shape index (κ3) is 8.28. The number of aliphatic carboxylic acids is 1. The molecule has 3 rings (SSSR count). The van der Waals surface area contributed by atoms with Gasteiger partial charge in [-0.3, -0.25) is 9.59 Å². The minimum Gasteiger partial charge on any atom is -0.494 e. The molecule has 0 bridgehead atoms. The zero-order valence-electron chi connectivity index (χ0n) is 19.6. The van der Waals surface area contributed by atoms with E-state index in [1.807, 2.05) is 12.1 Å². The van der Waals surface area contributed by atoms with Gasteiger partial charge in [0.15, 0.2) is 0 Å². The second kappa shape index (κ2) is 12.4. The van der Waals surface area contributed by atoms with E-state index in [0.717, 1.165) is 17.7 Å². The Bertz CT molecular complexity index is 1070. The molecule has 34 heavy (non-hydrogen) atoms. The third-order valence-corrected chi connectivity index (χ3v) is 5.08. The number of ether oxygens (including phenoxy) is 2. The van der Waals surface area contributed by atoms with Gasteiger partial charge in [-0.1, -0.05) is 44.2 Å². The van der Waals surface area contributed by atoms with Gasteiger partial charge in [0, 0.05) is 17.7 Å². The van der Waals surface area contributed by atoms with Crippen molar-refractivity contribution in [2.75, 3.05) is 11.9 Å². The van der Waals surface area contributed by atoms with Gasteiger partial charge in [-0.25, -0.2) is 0 Å².